The van der Waals surface area contributed by atoms with Crippen molar-refractivity contribution in [1.82, 2.24) is 5.32 Å². The van der Waals surface area contributed by atoms with E-state index in [4.69, 9.17) is 4.74 Å². The molecule has 0 amide bonds. The molecule has 16 heavy (non-hydrogen) atoms. The zero-order chi connectivity index (χ0) is 11.4. The van der Waals surface area contributed by atoms with Crippen molar-refractivity contribution in [3.63, 3.8) is 0 Å². The van der Waals surface area contributed by atoms with Crippen molar-refractivity contribution < 1.29 is 9.84 Å². The molecule has 0 atom stereocenters. The molecular weight excluding hydrogens is 202 g/mol. The molecule has 3 nitrogen and oxygen atoms in total. The van der Waals surface area contributed by atoms with Crippen molar-refractivity contribution in [2.24, 2.45) is 5.41 Å². The Morgan fingerprint density at radius 2 is 1.94 bits per heavy atom. The van der Waals surface area contributed by atoms with Gasteiger partial charge in [-0.3, -0.25) is 0 Å². The molecule has 2 fully saturated rings. The lowest BCUT2D eigenvalue weighted by molar-refractivity contribution is 0.00756. The molecule has 0 radical (unpaired) electrons. The molecule has 2 rings (SSSR count). The molecule has 2 N–H and O–H groups in total. The molecule has 0 aromatic carbocycles. The molecule has 0 spiro atoms. The number of rotatable bonds is 5. The van der Waals surface area contributed by atoms with Crippen LogP contribution in [-0.2, 0) is 4.74 Å². The number of hydrogen-bond acceptors (Lipinski definition) is 3. The topological polar surface area (TPSA) is 41.5 Å². The highest BCUT2D eigenvalue weighted by molar-refractivity contribution is 4.90. The van der Waals surface area contributed by atoms with Crippen LogP contribution in [0.1, 0.15) is 44.9 Å². The van der Waals surface area contributed by atoms with Crippen LogP contribution < -0.4 is 5.32 Å². The lowest BCUT2D eigenvalue weighted by atomic mass is 9.74. The number of aliphatic hydroxyl groups is 1. The number of ether oxygens (including phenoxy) is 1. The summed E-state index contributed by atoms with van der Waals surface area (Å²) in [6.45, 7) is 1.34. The average molecular weight is 227 g/mol. The molecule has 2 saturated carbocycles. The smallest absolute Gasteiger partial charge is 0.0601 e. The van der Waals surface area contributed by atoms with Gasteiger partial charge in [0.05, 0.1) is 6.10 Å². The normalized spacial score (nSPS) is 33.4. The van der Waals surface area contributed by atoms with Crippen LogP contribution in [0.5, 0.6) is 0 Å². The van der Waals surface area contributed by atoms with E-state index in [1.54, 1.807) is 7.11 Å². The van der Waals surface area contributed by atoms with Gasteiger partial charge >= 0.3 is 0 Å². The van der Waals surface area contributed by atoms with Crippen LogP contribution in [0.4, 0.5) is 0 Å². The van der Waals surface area contributed by atoms with Crippen LogP contribution in [0.15, 0.2) is 0 Å². The first-order chi connectivity index (χ1) is 7.78. The summed E-state index contributed by atoms with van der Waals surface area (Å²) < 4.78 is 5.27. The van der Waals surface area contributed by atoms with Crippen LogP contribution >= 0.6 is 0 Å². The van der Waals surface area contributed by atoms with Gasteiger partial charge in [0.1, 0.15) is 0 Å². The number of aliphatic hydroxyl groups excluding tert-OH is 1. The van der Waals surface area contributed by atoms with Gasteiger partial charge in [-0.05, 0) is 25.7 Å². The maximum atomic E-state index is 9.58. The van der Waals surface area contributed by atoms with E-state index in [-0.39, 0.29) is 5.41 Å². The predicted molar refractivity (Wildman–Crippen MR) is 64.4 cm³/mol. The van der Waals surface area contributed by atoms with Crippen molar-refractivity contribution in [3.8, 4) is 0 Å². The van der Waals surface area contributed by atoms with E-state index in [0.29, 0.717) is 18.8 Å². The standard InChI is InChI=1S/C13H25NO2/c1-16-12-7-11(8-12)14-9-13(10-15)5-3-2-4-6-13/h11-12,14-15H,2-10H2,1H3. The number of hydrogen-bond donors (Lipinski definition) is 2. The Bertz CT molecular complexity index is 208. The van der Waals surface area contributed by atoms with Crippen molar-refractivity contribution in [2.45, 2.75) is 57.1 Å². The quantitative estimate of drug-likeness (QED) is 0.751. The minimum atomic E-state index is 0.177. The summed E-state index contributed by atoms with van der Waals surface area (Å²) in [6, 6.07) is 0.621. The molecule has 94 valence electrons. The van der Waals surface area contributed by atoms with Gasteiger partial charge in [0.15, 0.2) is 0 Å². The Kier molecular flexibility index (Phi) is 4.22. The van der Waals surface area contributed by atoms with Gasteiger partial charge in [0.2, 0.25) is 0 Å². The maximum absolute atomic E-state index is 9.58. The molecule has 2 aliphatic rings. The Labute approximate surface area is 98.6 Å². The third-order valence-corrected chi connectivity index (χ3v) is 4.44. The Morgan fingerprint density at radius 3 is 2.50 bits per heavy atom. The monoisotopic (exact) mass is 227 g/mol. The third kappa shape index (κ3) is 2.76. The molecular formula is C13H25NO2. The zero-order valence-electron chi connectivity index (χ0n) is 10.4. The highest BCUT2D eigenvalue weighted by Crippen LogP contribution is 2.36. The molecule has 0 unspecified atom stereocenters. The molecule has 2 aliphatic carbocycles. The summed E-state index contributed by atoms with van der Waals surface area (Å²) in [4.78, 5) is 0. The highest BCUT2D eigenvalue weighted by Gasteiger charge is 2.34. The van der Waals surface area contributed by atoms with Gasteiger partial charge in [0.25, 0.3) is 0 Å². The summed E-state index contributed by atoms with van der Waals surface area (Å²) in [6.07, 6.45) is 9.04. The predicted octanol–water partition coefficient (Wildman–Crippen LogP) is 1.70. The van der Waals surface area contributed by atoms with Crippen molar-refractivity contribution in [2.75, 3.05) is 20.3 Å². The van der Waals surface area contributed by atoms with E-state index in [0.717, 1.165) is 19.4 Å². The number of methoxy groups -OCH3 is 1. The minimum absolute atomic E-state index is 0.177. The fourth-order valence-electron chi connectivity index (χ4n) is 2.98. The fraction of sp³-hybridized carbons (Fsp3) is 1.00. The van der Waals surface area contributed by atoms with Gasteiger partial charge < -0.3 is 15.2 Å². The minimum Gasteiger partial charge on any atom is -0.396 e. The summed E-state index contributed by atoms with van der Waals surface area (Å²) in [5, 5.41) is 13.2. The van der Waals surface area contributed by atoms with Crippen molar-refractivity contribution in [1.29, 1.82) is 0 Å². The van der Waals surface area contributed by atoms with Gasteiger partial charge in [-0.15, -0.1) is 0 Å². The lowest BCUT2D eigenvalue weighted by Crippen LogP contribution is -2.50. The van der Waals surface area contributed by atoms with Crippen LogP contribution in [0.2, 0.25) is 0 Å². The van der Waals surface area contributed by atoms with E-state index in [9.17, 15) is 5.11 Å². The average Bonchev–Trinajstić information content (AvgIpc) is 2.29. The van der Waals surface area contributed by atoms with Crippen LogP contribution in [0.3, 0.4) is 0 Å². The third-order valence-electron chi connectivity index (χ3n) is 4.44. The van der Waals surface area contributed by atoms with Crippen LogP contribution in [0, 0.1) is 5.41 Å². The van der Waals surface area contributed by atoms with E-state index in [2.05, 4.69) is 5.32 Å². The maximum Gasteiger partial charge on any atom is 0.0601 e. The van der Waals surface area contributed by atoms with E-state index in [1.165, 1.54) is 32.1 Å². The molecule has 0 bridgehead atoms. The molecule has 0 aliphatic heterocycles. The summed E-state index contributed by atoms with van der Waals surface area (Å²) in [5.41, 5.74) is 0.177. The van der Waals surface area contributed by atoms with Crippen molar-refractivity contribution in [3.05, 3.63) is 0 Å². The second-order valence-corrected chi connectivity index (χ2v) is 5.63. The summed E-state index contributed by atoms with van der Waals surface area (Å²) in [7, 11) is 1.79. The molecule has 0 aromatic rings. The highest BCUT2D eigenvalue weighted by atomic mass is 16.5. The van der Waals surface area contributed by atoms with Gasteiger partial charge in [0, 0.05) is 31.7 Å². The van der Waals surface area contributed by atoms with Crippen molar-refractivity contribution >= 4 is 0 Å². The molecule has 0 aromatic heterocycles. The Morgan fingerprint density at radius 1 is 1.25 bits per heavy atom. The molecule has 0 saturated heterocycles. The Balaban J connectivity index is 1.71. The van der Waals surface area contributed by atoms with Gasteiger partial charge in [-0.1, -0.05) is 19.3 Å². The van der Waals surface area contributed by atoms with E-state index in [1.807, 2.05) is 0 Å². The Hall–Kier alpha value is -0.120. The zero-order valence-corrected chi connectivity index (χ0v) is 10.4. The van der Waals surface area contributed by atoms with Crippen LogP contribution in [0.25, 0.3) is 0 Å². The fourth-order valence-corrected chi connectivity index (χ4v) is 2.98. The molecule has 0 heterocycles. The first-order valence-electron chi connectivity index (χ1n) is 6.65. The first kappa shape index (κ1) is 12.3. The van der Waals surface area contributed by atoms with Gasteiger partial charge in [-0.25, -0.2) is 0 Å². The lowest BCUT2D eigenvalue weighted by Gasteiger charge is -2.40. The van der Waals surface area contributed by atoms with E-state index >= 15 is 0 Å². The van der Waals surface area contributed by atoms with E-state index < -0.39 is 0 Å². The SMILES string of the molecule is COC1CC(NCC2(CO)CCCCC2)C1. The molecule has 3 heteroatoms. The second-order valence-electron chi connectivity index (χ2n) is 5.63. The summed E-state index contributed by atoms with van der Waals surface area (Å²) in [5.74, 6) is 0. The van der Waals surface area contributed by atoms with Crippen LogP contribution in [-0.4, -0.2) is 37.5 Å². The number of nitrogens with one attached hydrogen (secondary N) is 1. The summed E-state index contributed by atoms with van der Waals surface area (Å²) >= 11 is 0. The van der Waals surface area contributed by atoms with Gasteiger partial charge in [-0.2, -0.15) is 0 Å². The second kappa shape index (κ2) is 5.48. The first-order valence-corrected chi connectivity index (χ1v) is 6.65. The largest absolute Gasteiger partial charge is 0.396 e.